The lowest BCUT2D eigenvalue weighted by molar-refractivity contribution is -0.155. The first-order chi connectivity index (χ1) is 8.06. The zero-order chi connectivity index (χ0) is 14.1. The maximum Gasteiger partial charge on any atom is 0.411 e. The van der Waals surface area contributed by atoms with Crippen molar-refractivity contribution in [1.82, 2.24) is 4.90 Å². The van der Waals surface area contributed by atoms with Crippen LogP contribution in [0.25, 0.3) is 0 Å². The molecule has 1 amide bonds. The van der Waals surface area contributed by atoms with Crippen molar-refractivity contribution in [2.24, 2.45) is 0 Å². The molecule has 1 rings (SSSR count). The van der Waals surface area contributed by atoms with Crippen LogP contribution in [-0.4, -0.2) is 45.5 Å². The average molecular weight is 257 g/mol. The second kappa shape index (κ2) is 4.59. The topological polar surface area (TPSA) is 83.9 Å². The Kier molecular flexibility index (Phi) is 3.69. The molecule has 1 saturated heterocycles. The normalized spacial score (nSPS) is 24.9. The maximum absolute atomic E-state index is 12.0. The average Bonchev–Trinajstić information content (AvgIpc) is 2.13. The van der Waals surface area contributed by atoms with E-state index in [-0.39, 0.29) is 25.2 Å². The first-order valence-electron chi connectivity index (χ1n) is 5.82. The number of hydrogen-bond acceptors (Lipinski definition) is 4. The number of nitrogens with zero attached hydrogens (tertiary/aromatic N) is 1. The number of ether oxygens (including phenoxy) is 1. The van der Waals surface area contributed by atoms with Gasteiger partial charge in [0.2, 0.25) is 0 Å². The summed E-state index contributed by atoms with van der Waals surface area (Å²) in [7, 11) is 0. The summed E-state index contributed by atoms with van der Waals surface area (Å²) in [5, 5.41) is 9.23. The van der Waals surface area contributed by atoms with Gasteiger partial charge in [0.15, 0.2) is 0 Å². The molecule has 0 aromatic heterocycles. The number of rotatable bonds is 1. The number of hydrogen-bond donors (Lipinski definition) is 1. The molecular weight excluding hydrogens is 238 g/mol. The summed E-state index contributed by atoms with van der Waals surface area (Å²) in [4.78, 5) is 35.8. The highest BCUT2D eigenvalue weighted by atomic mass is 16.6. The fourth-order valence-corrected chi connectivity index (χ4v) is 1.85. The number of carboxylic acids is 1. The first kappa shape index (κ1) is 14.5. The fourth-order valence-electron chi connectivity index (χ4n) is 1.85. The van der Waals surface area contributed by atoms with E-state index < -0.39 is 23.2 Å². The molecule has 6 heteroatoms. The number of amides is 1. The summed E-state index contributed by atoms with van der Waals surface area (Å²) in [6, 6.07) is 0. The van der Waals surface area contributed by atoms with Crippen molar-refractivity contribution in [1.29, 1.82) is 0 Å². The van der Waals surface area contributed by atoms with Crippen LogP contribution in [0.2, 0.25) is 0 Å². The van der Waals surface area contributed by atoms with Crippen molar-refractivity contribution in [3.8, 4) is 0 Å². The zero-order valence-corrected chi connectivity index (χ0v) is 11.1. The summed E-state index contributed by atoms with van der Waals surface area (Å²) >= 11 is 0. The van der Waals surface area contributed by atoms with Crippen molar-refractivity contribution in [3.05, 3.63) is 0 Å². The molecule has 0 unspecified atom stereocenters. The molecule has 0 bridgehead atoms. The van der Waals surface area contributed by atoms with Crippen molar-refractivity contribution in [2.75, 3.05) is 6.54 Å². The molecule has 18 heavy (non-hydrogen) atoms. The Labute approximate surface area is 106 Å². The fraction of sp³-hybridized carbons (Fsp3) is 0.750. The van der Waals surface area contributed by atoms with Crippen LogP contribution in [0.5, 0.6) is 0 Å². The van der Waals surface area contributed by atoms with Crippen LogP contribution in [0, 0.1) is 0 Å². The largest absolute Gasteiger partial charge is 0.479 e. The van der Waals surface area contributed by atoms with Gasteiger partial charge in [0.05, 0.1) is 0 Å². The molecule has 102 valence electrons. The van der Waals surface area contributed by atoms with Gasteiger partial charge in [-0.2, -0.15) is 0 Å². The molecule has 1 atom stereocenters. The predicted octanol–water partition coefficient (Wildman–Crippen LogP) is 1.43. The molecule has 1 aliphatic rings. The van der Waals surface area contributed by atoms with Crippen LogP contribution >= 0.6 is 0 Å². The quantitative estimate of drug-likeness (QED) is 0.768. The van der Waals surface area contributed by atoms with Gasteiger partial charge in [0, 0.05) is 19.4 Å². The first-order valence-corrected chi connectivity index (χ1v) is 5.82. The third kappa shape index (κ3) is 3.00. The van der Waals surface area contributed by atoms with Gasteiger partial charge >= 0.3 is 12.1 Å². The summed E-state index contributed by atoms with van der Waals surface area (Å²) in [6.45, 7) is 6.57. The number of likely N-dealkylation sites (tertiary alicyclic amines) is 1. The second-order valence-electron chi connectivity index (χ2n) is 5.68. The lowest BCUT2D eigenvalue weighted by Gasteiger charge is -2.41. The van der Waals surface area contributed by atoms with Crippen LogP contribution in [0.4, 0.5) is 4.79 Å². The minimum Gasteiger partial charge on any atom is -0.479 e. The molecule has 6 nitrogen and oxygen atoms in total. The Balaban J connectivity index is 2.95. The molecule has 0 saturated carbocycles. The zero-order valence-electron chi connectivity index (χ0n) is 11.1. The molecule has 1 aliphatic heterocycles. The SMILES string of the molecule is CC(C)(C)OC(=O)N1CCC(=O)C[C@@]1(C)C(=O)O. The minimum absolute atomic E-state index is 0.0799. The highest BCUT2D eigenvalue weighted by molar-refractivity contribution is 5.93. The molecule has 1 N–H and O–H groups in total. The standard InChI is InChI=1S/C12H19NO5/c1-11(2,3)18-10(17)13-6-5-8(14)7-12(13,4)9(15)16/h5-7H2,1-4H3,(H,15,16)/t12-/m0/s1. The van der Waals surface area contributed by atoms with Crippen LogP contribution < -0.4 is 0 Å². The number of Topliss-reactive ketones (excluding diaryl/α,β-unsaturated/α-hetero) is 1. The third-order valence-electron chi connectivity index (χ3n) is 2.83. The van der Waals surface area contributed by atoms with E-state index in [4.69, 9.17) is 4.74 Å². The van der Waals surface area contributed by atoms with Gasteiger partial charge in [0.1, 0.15) is 16.9 Å². The molecule has 0 aromatic carbocycles. The second-order valence-corrected chi connectivity index (χ2v) is 5.68. The smallest absolute Gasteiger partial charge is 0.411 e. The molecule has 0 aromatic rings. The van der Waals surface area contributed by atoms with Gasteiger partial charge in [-0.3, -0.25) is 9.69 Å². The Morgan fingerprint density at radius 1 is 1.39 bits per heavy atom. The number of ketones is 1. The van der Waals surface area contributed by atoms with Gasteiger partial charge < -0.3 is 9.84 Å². The van der Waals surface area contributed by atoms with Gasteiger partial charge in [-0.1, -0.05) is 0 Å². The lowest BCUT2D eigenvalue weighted by Crippen LogP contribution is -2.60. The molecule has 0 radical (unpaired) electrons. The van der Waals surface area contributed by atoms with E-state index >= 15 is 0 Å². The number of carbonyl (C=O) groups is 3. The van der Waals surface area contributed by atoms with Gasteiger partial charge in [-0.05, 0) is 27.7 Å². The van der Waals surface area contributed by atoms with E-state index in [0.29, 0.717) is 0 Å². The van der Waals surface area contributed by atoms with Gasteiger partial charge in [-0.15, -0.1) is 0 Å². The maximum atomic E-state index is 12.0. The van der Waals surface area contributed by atoms with Crippen LogP contribution in [-0.2, 0) is 14.3 Å². The third-order valence-corrected chi connectivity index (χ3v) is 2.83. The Bertz CT molecular complexity index is 384. The van der Waals surface area contributed by atoms with Crippen molar-refractivity contribution in [3.63, 3.8) is 0 Å². The number of carboxylic acid groups (broad SMARTS) is 1. The van der Waals surface area contributed by atoms with E-state index in [1.54, 1.807) is 20.8 Å². The molecular formula is C12H19NO5. The summed E-state index contributed by atoms with van der Waals surface area (Å²) in [6.07, 6.45) is -0.705. The molecule has 0 aliphatic carbocycles. The predicted molar refractivity (Wildman–Crippen MR) is 63.2 cm³/mol. The highest BCUT2D eigenvalue weighted by Crippen LogP contribution is 2.28. The summed E-state index contributed by atoms with van der Waals surface area (Å²) < 4.78 is 5.17. The molecule has 1 heterocycles. The van der Waals surface area contributed by atoms with E-state index in [0.717, 1.165) is 4.90 Å². The van der Waals surface area contributed by atoms with E-state index in [1.165, 1.54) is 6.92 Å². The highest BCUT2D eigenvalue weighted by Gasteiger charge is 2.48. The molecule has 1 fully saturated rings. The van der Waals surface area contributed by atoms with Crippen molar-refractivity contribution < 1.29 is 24.2 Å². The minimum atomic E-state index is -1.52. The van der Waals surface area contributed by atoms with Gasteiger partial charge in [0.25, 0.3) is 0 Å². The van der Waals surface area contributed by atoms with Crippen LogP contribution in [0.1, 0.15) is 40.5 Å². The van der Waals surface area contributed by atoms with E-state index in [9.17, 15) is 19.5 Å². The summed E-state index contributed by atoms with van der Waals surface area (Å²) in [5.41, 5.74) is -2.21. The Morgan fingerprint density at radius 3 is 2.39 bits per heavy atom. The van der Waals surface area contributed by atoms with E-state index in [2.05, 4.69) is 0 Å². The molecule has 0 spiro atoms. The number of aliphatic carboxylic acids is 1. The van der Waals surface area contributed by atoms with Crippen LogP contribution in [0.3, 0.4) is 0 Å². The van der Waals surface area contributed by atoms with Crippen LogP contribution in [0.15, 0.2) is 0 Å². The van der Waals surface area contributed by atoms with E-state index in [1.807, 2.05) is 0 Å². The monoisotopic (exact) mass is 257 g/mol. The van der Waals surface area contributed by atoms with Gasteiger partial charge in [-0.25, -0.2) is 9.59 Å². The Morgan fingerprint density at radius 2 is 1.94 bits per heavy atom. The van der Waals surface area contributed by atoms with Crippen molar-refractivity contribution in [2.45, 2.75) is 51.7 Å². The lowest BCUT2D eigenvalue weighted by atomic mass is 9.88. The Hall–Kier alpha value is -1.59. The summed E-state index contributed by atoms with van der Waals surface area (Å²) in [5.74, 6) is -1.35. The number of piperidine rings is 1. The van der Waals surface area contributed by atoms with Crippen molar-refractivity contribution >= 4 is 17.8 Å². The number of carbonyl (C=O) groups excluding carboxylic acids is 2.